The van der Waals surface area contributed by atoms with Crippen molar-refractivity contribution in [3.05, 3.63) is 65.7 Å². The zero-order valence-corrected chi connectivity index (χ0v) is 18.3. The molecule has 0 aliphatic heterocycles. The van der Waals surface area contributed by atoms with E-state index in [1.807, 2.05) is 0 Å². The minimum Gasteiger partial charge on any atom is -0.454 e. The number of ether oxygens (including phenoxy) is 2. The highest BCUT2D eigenvalue weighted by Gasteiger charge is 2.21. The number of sulfonamides is 1. The zero-order chi connectivity index (χ0) is 23.7. The summed E-state index contributed by atoms with van der Waals surface area (Å²) in [5.74, 6) is -1.37. The largest absolute Gasteiger partial charge is 0.454 e. The number of alkyl halides is 2. The number of esters is 1. The maximum absolute atomic E-state index is 12.5. The Balaban J connectivity index is 1.91. The molecule has 0 saturated heterocycles. The van der Waals surface area contributed by atoms with Crippen LogP contribution in [0.3, 0.4) is 0 Å². The summed E-state index contributed by atoms with van der Waals surface area (Å²) in [4.78, 5) is 24.0. The van der Waals surface area contributed by atoms with Gasteiger partial charge in [0.05, 0.1) is 4.90 Å². The van der Waals surface area contributed by atoms with E-state index in [2.05, 4.69) is 4.74 Å². The molecule has 7 nitrogen and oxygen atoms in total. The summed E-state index contributed by atoms with van der Waals surface area (Å²) in [6, 6.07) is 11.0. The van der Waals surface area contributed by atoms with Crippen molar-refractivity contribution in [2.24, 2.45) is 0 Å². The second kappa shape index (κ2) is 11.5. The van der Waals surface area contributed by atoms with Gasteiger partial charge in [-0.3, -0.25) is 4.79 Å². The maximum atomic E-state index is 12.5. The van der Waals surface area contributed by atoms with Crippen LogP contribution in [0, 0.1) is 0 Å². The number of rotatable bonds is 11. The van der Waals surface area contributed by atoms with Gasteiger partial charge in [-0.1, -0.05) is 26.0 Å². The molecule has 0 fully saturated rings. The van der Waals surface area contributed by atoms with Gasteiger partial charge in [-0.05, 0) is 48.0 Å². The van der Waals surface area contributed by atoms with E-state index in [-0.39, 0.29) is 16.2 Å². The van der Waals surface area contributed by atoms with Gasteiger partial charge in [-0.15, -0.1) is 0 Å². The Morgan fingerprint density at radius 3 is 2.12 bits per heavy atom. The van der Waals surface area contributed by atoms with Gasteiger partial charge in [-0.2, -0.15) is 13.1 Å². The Kier molecular flexibility index (Phi) is 9.03. The molecule has 0 aliphatic rings. The van der Waals surface area contributed by atoms with Crippen LogP contribution in [0.15, 0.2) is 59.5 Å². The molecule has 0 N–H and O–H groups in total. The van der Waals surface area contributed by atoms with Crippen molar-refractivity contribution in [2.75, 3.05) is 19.7 Å². The molecule has 0 atom stereocenters. The number of carbonyl (C=O) groups excluding carboxylic acids is 2. The highest BCUT2D eigenvalue weighted by Crippen LogP contribution is 2.17. The van der Waals surface area contributed by atoms with Gasteiger partial charge in [0.2, 0.25) is 10.0 Å². The van der Waals surface area contributed by atoms with Gasteiger partial charge in [0.25, 0.3) is 0 Å². The quantitative estimate of drug-likeness (QED) is 0.284. The molecule has 2 aromatic rings. The molecule has 0 unspecified atom stereocenters. The summed E-state index contributed by atoms with van der Waals surface area (Å²) in [7, 11) is -3.57. The summed E-state index contributed by atoms with van der Waals surface area (Å²) in [6.45, 7) is 0.736. The number of benzene rings is 2. The van der Waals surface area contributed by atoms with Gasteiger partial charge in [0, 0.05) is 24.7 Å². The molecule has 2 rings (SSSR count). The first-order valence-electron chi connectivity index (χ1n) is 9.70. The van der Waals surface area contributed by atoms with Crippen molar-refractivity contribution in [2.45, 2.75) is 25.4 Å². The summed E-state index contributed by atoms with van der Waals surface area (Å²) in [5, 5.41) is 0. The monoisotopic (exact) mass is 467 g/mol. The predicted octanol–water partition coefficient (Wildman–Crippen LogP) is 3.76. The van der Waals surface area contributed by atoms with E-state index in [4.69, 9.17) is 4.74 Å². The molecule has 0 aromatic heterocycles. The van der Waals surface area contributed by atoms with Crippen molar-refractivity contribution in [3.63, 3.8) is 0 Å². The molecule has 10 heteroatoms. The smallest absolute Gasteiger partial charge is 0.387 e. The fraction of sp³-hybridized carbons (Fsp3) is 0.273. The van der Waals surface area contributed by atoms with Crippen LogP contribution in [0.5, 0.6) is 5.75 Å². The maximum Gasteiger partial charge on any atom is 0.387 e. The lowest BCUT2D eigenvalue weighted by Crippen LogP contribution is -2.30. The third kappa shape index (κ3) is 6.96. The van der Waals surface area contributed by atoms with Gasteiger partial charge in [-0.25, -0.2) is 13.2 Å². The molecule has 0 heterocycles. The fourth-order valence-electron chi connectivity index (χ4n) is 2.72. The zero-order valence-electron chi connectivity index (χ0n) is 17.5. The van der Waals surface area contributed by atoms with Crippen LogP contribution in [0.2, 0.25) is 0 Å². The average molecular weight is 467 g/mol. The second-order valence-corrected chi connectivity index (χ2v) is 8.36. The van der Waals surface area contributed by atoms with Gasteiger partial charge in [0.15, 0.2) is 12.4 Å². The molecule has 0 spiro atoms. The van der Waals surface area contributed by atoms with Gasteiger partial charge in [0.1, 0.15) is 5.75 Å². The standard InChI is InChI=1S/C22H23F2NO6S/c1-3-25(4-2)32(28,29)19-12-5-16(6-13-19)7-14-21(27)30-15-20(26)17-8-10-18(11-9-17)31-22(23)24/h5-14,22H,3-4,15H2,1-2H3. The van der Waals surface area contributed by atoms with Crippen molar-refractivity contribution in [1.82, 2.24) is 4.31 Å². The Morgan fingerprint density at radius 2 is 1.59 bits per heavy atom. The van der Waals surface area contributed by atoms with Crippen LogP contribution in [0.4, 0.5) is 8.78 Å². The summed E-state index contributed by atoms with van der Waals surface area (Å²) in [6.07, 6.45) is 2.54. The van der Waals surface area contributed by atoms with E-state index in [9.17, 15) is 26.8 Å². The Bertz CT molecular complexity index is 1050. The summed E-state index contributed by atoms with van der Waals surface area (Å²) < 4.78 is 59.6. The first-order valence-corrected chi connectivity index (χ1v) is 11.1. The normalized spacial score (nSPS) is 11.8. The molecule has 0 bridgehead atoms. The molecule has 0 aliphatic carbocycles. The SMILES string of the molecule is CCN(CC)S(=O)(=O)c1ccc(C=CC(=O)OCC(=O)c2ccc(OC(F)F)cc2)cc1. The minimum atomic E-state index is -3.57. The third-order valence-electron chi connectivity index (χ3n) is 4.38. The van der Waals surface area contributed by atoms with Crippen LogP contribution >= 0.6 is 0 Å². The molecular weight excluding hydrogens is 444 g/mol. The number of halogens is 2. The van der Waals surface area contributed by atoms with Crippen molar-refractivity contribution < 1.29 is 36.3 Å². The van der Waals surface area contributed by atoms with Crippen LogP contribution < -0.4 is 4.74 Å². The number of carbonyl (C=O) groups is 2. The van der Waals surface area contributed by atoms with Crippen LogP contribution in [0.1, 0.15) is 29.8 Å². The number of hydrogen-bond acceptors (Lipinski definition) is 6. The second-order valence-electron chi connectivity index (χ2n) is 6.43. The van der Waals surface area contributed by atoms with Crippen molar-refractivity contribution in [3.8, 4) is 5.75 Å². The molecule has 0 radical (unpaired) electrons. The first kappa shape index (κ1) is 25.2. The molecule has 2 aromatic carbocycles. The van der Waals surface area contributed by atoms with Crippen molar-refractivity contribution >= 4 is 27.9 Å². The lowest BCUT2D eigenvalue weighted by Gasteiger charge is -2.18. The Hall–Kier alpha value is -3.11. The highest BCUT2D eigenvalue weighted by molar-refractivity contribution is 7.89. The molecular formula is C22H23F2NO6S. The van der Waals surface area contributed by atoms with E-state index in [1.54, 1.807) is 26.0 Å². The van der Waals surface area contributed by atoms with E-state index in [0.29, 0.717) is 18.7 Å². The lowest BCUT2D eigenvalue weighted by molar-refractivity contribution is -0.136. The van der Waals surface area contributed by atoms with Crippen LogP contribution in [-0.4, -0.2) is 50.8 Å². The van der Waals surface area contributed by atoms with Crippen molar-refractivity contribution in [1.29, 1.82) is 0 Å². The third-order valence-corrected chi connectivity index (χ3v) is 6.45. The average Bonchev–Trinajstić information content (AvgIpc) is 2.77. The molecule has 0 amide bonds. The Morgan fingerprint density at radius 1 is 1.00 bits per heavy atom. The lowest BCUT2D eigenvalue weighted by atomic mass is 10.1. The van der Waals surface area contributed by atoms with Crippen LogP contribution in [0.25, 0.3) is 6.08 Å². The molecule has 0 saturated carbocycles. The van der Waals surface area contributed by atoms with Gasteiger partial charge >= 0.3 is 12.6 Å². The number of Topliss-reactive ketones (excluding diaryl/α,β-unsaturated/α-hetero) is 1. The van der Waals surface area contributed by atoms with E-state index in [0.717, 1.165) is 6.08 Å². The van der Waals surface area contributed by atoms with Crippen LogP contribution in [-0.2, 0) is 19.6 Å². The predicted molar refractivity (Wildman–Crippen MR) is 114 cm³/mol. The number of ketones is 1. The van der Waals surface area contributed by atoms with E-state index >= 15 is 0 Å². The summed E-state index contributed by atoms with van der Waals surface area (Å²) in [5.41, 5.74) is 0.745. The van der Waals surface area contributed by atoms with Gasteiger partial charge < -0.3 is 9.47 Å². The Labute approximate surface area is 185 Å². The molecule has 172 valence electrons. The first-order chi connectivity index (χ1) is 15.2. The fourth-order valence-corrected chi connectivity index (χ4v) is 4.18. The van der Waals surface area contributed by atoms with E-state index < -0.39 is 35.0 Å². The van der Waals surface area contributed by atoms with E-state index in [1.165, 1.54) is 46.8 Å². The number of nitrogens with zero attached hydrogens (tertiary/aromatic N) is 1. The molecule has 32 heavy (non-hydrogen) atoms. The summed E-state index contributed by atoms with van der Waals surface area (Å²) >= 11 is 0. The minimum absolute atomic E-state index is 0.0904. The number of hydrogen-bond donors (Lipinski definition) is 0. The highest BCUT2D eigenvalue weighted by atomic mass is 32.2. The topological polar surface area (TPSA) is 90.0 Å².